The van der Waals surface area contributed by atoms with E-state index in [0.29, 0.717) is 34.6 Å². The molecule has 0 radical (unpaired) electrons. The van der Waals surface area contributed by atoms with E-state index in [1.165, 1.54) is 10.5 Å². The fourth-order valence-electron chi connectivity index (χ4n) is 2.99. The summed E-state index contributed by atoms with van der Waals surface area (Å²) in [5, 5.41) is 3.88. The number of ether oxygens (including phenoxy) is 2. The summed E-state index contributed by atoms with van der Waals surface area (Å²) >= 11 is 11.6. The highest BCUT2D eigenvalue weighted by molar-refractivity contribution is 7.71. The van der Waals surface area contributed by atoms with Crippen molar-refractivity contribution in [3.05, 3.63) is 57.8 Å². The van der Waals surface area contributed by atoms with Gasteiger partial charge in [0.25, 0.3) is 0 Å². The Morgan fingerprint density at radius 1 is 1.21 bits per heavy atom. The number of aromatic nitrogens is 3. The maximum atomic E-state index is 6.13. The summed E-state index contributed by atoms with van der Waals surface area (Å²) in [6.45, 7) is 4.15. The average Bonchev–Trinajstić information content (AvgIpc) is 3.03. The SMILES string of the molecule is CCOc1ccc(C[NH+](C)Cn2[nH]c(-c3cc(Cl)ccc3OC)nc2=S)cc1. The number of hydrogen-bond acceptors (Lipinski definition) is 4. The molecule has 0 saturated carbocycles. The average molecular weight is 420 g/mol. The van der Waals surface area contributed by atoms with Crippen LogP contribution in [0.4, 0.5) is 0 Å². The molecule has 2 aromatic carbocycles. The molecule has 1 atom stereocenters. The Labute approximate surface area is 174 Å². The van der Waals surface area contributed by atoms with Crippen LogP contribution in [0.3, 0.4) is 0 Å². The van der Waals surface area contributed by atoms with Crippen molar-refractivity contribution < 1.29 is 14.4 Å². The third-order valence-electron chi connectivity index (χ3n) is 4.26. The maximum absolute atomic E-state index is 6.13. The van der Waals surface area contributed by atoms with Crippen LogP contribution in [-0.4, -0.2) is 35.5 Å². The minimum atomic E-state index is 0.489. The van der Waals surface area contributed by atoms with Crippen molar-refractivity contribution in [3.63, 3.8) is 0 Å². The number of aromatic amines is 1. The molecular weight excluding hydrogens is 396 g/mol. The van der Waals surface area contributed by atoms with Gasteiger partial charge in [0.1, 0.15) is 18.0 Å². The highest BCUT2D eigenvalue weighted by Gasteiger charge is 2.13. The second-order valence-corrected chi connectivity index (χ2v) is 7.30. The first kappa shape index (κ1) is 20.4. The van der Waals surface area contributed by atoms with E-state index < -0.39 is 0 Å². The number of halogens is 1. The Morgan fingerprint density at radius 3 is 2.64 bits per heavy atom. The molecular formula is C20H24ClN4O2S+. The van der Waals surface area contributed by atoms with Gasteiger partial charge < -0.3 is 14.4 Å². The molecule has 1 aromatic heterocycles. The number of benzene rings is 2. The summed E-state index contributed by atoms with van der Waals surface area (Å²) in [7, 11) is 3.73. The van der Waals surface area contributed by atoms with Gasteiger partial charge in [0.05, 0.1) is 26.3 Å². The molecule has 1 heterocycles. The first-order valence-corrected chi connectivity index (χ1v) is 9.82. The molecule has 0 fully saturated rings. The minimum absolute atomic E-state index is 0.489. The quantitative estimate of drug-likeness (QED) is 0.550. The summed E-state index contributed by atoms with van der Waals surface area (Å²) in [6, 6.07) is 13.6. The van der Waals surface area contributed by atoms with Crippen molar-refractivity contribution in [2.24, 2.45) is 0 Å². The van der Waals surface area contributed by atoms with E-state index in [4.69, 9.17) is 33.3 Å². The summed E-state index contributed by atoms with van der Waals surface area (Å²) in [6.07, 6.45) is 0. The molecule has 2 N–H and O–H groups in total. The Morgan fingerprint density at radius 2 is 1.96 bits per heavy atom. The van der Waals surface area contributed by atoms with E-state index >= 15 is 0 Å². The van der Waals surface area contributed by atoms with Crippen molar-refractivity contribution >= 4 is 23.8 Å². The van der Waals surface area contributed by atoms with Gasteiger partial charge in [-0.3, -0.25) is 5.10 Å². The summed E-state index contributed by atoms with van der Waals surface area (Å²) in [4.78, 5) is 5.73. The highest BCUT2D eigenvalue weighted by atomic mass is 35.5. The first-order valence-electron chi connectivity index (χ1n) is 9.04. The predicted molar refractivity (Wildman–Crippen MR) is 113 cm³/mol. The van der Waals surface area contributed by atoms with Gasteiger partial charge >= 0.3 is 0 Å². The van der Waals surface area contributed by atoms with Crippen molar-refractivity contribution in [3.8, 4) is 22.9 Å². The molecule has 0 saturated heterocycles. The van der Waals surface area contributed by atoms with Crippen molar-refractivity contribution in [1.29, 1.82) is 0 Å². The molecule has 8 heteroatoms. The Kier molecular flexibility index (Phi) is 6.72. The lowest BCUT2D eigenvalue weighted by Gasteiger charge is -2.14. The lowest BCUT2D eigenvalue weighted by Crippen LogP contribution is -3.07. The van der Waals surface area contributed by atoms with E-state index in [1.807, 2.05) is 35.9 Å². The number of rotatable bonds is 8. The van der Waals surface area contributed by atoms with Crippen molar-refractivity contribution in [2.45, 2.75) is 20.1 Å². The zero-order chi connectivity index (χ0) is 20.1. The second kappa shape index (κ2) is 9.23. The molecule has 28 heavy (non-hydrogen) atoms. The van der Waals surface area contributed by atoms with Crippen LogP contribution < -0.4 is 14.4 Å². The third-order valence-corrected chi connectivity index (χ3v) is 4.81. The fourth-order valence-corrected chi connectivity index (χ4v) is 3.37. The normalized spacial score (nSPS) is 12.0. The molecule has 0 amide bonds. The summed E-state index contributed by atoms with van der Waals surface area (Å²) in [5.74, 6) is 2.22. The van der Waals surface area contributed by atoms with Crippen LogP contribution in [0.15, 0.2) is 42.5 Å². The van der Waals surface area contributed by atoms with Crippen LogP contribution in [0.25, 0.3) is 11.4 Å². The largest absolute Gasteiger partial charge is 0.496 e. The third kappa shape index (κ3) is 4.92. The molecule has 3 rings (SSSR count). The van der Waals surface area contributed by atoms with Gasteiger partial charge in [0, 0.05) is 10.6 Å². The molecule has 3 aromatic rings. The number of methoxy groups -OCH3 is 1. The molecule has 148 valence electrons. The van der Waals surface area contributed by atoms with Crippen molar-refractivity contribution in [1.82, 2.24) is 14.8 Å². The van der Waals surface area contributed by atoms with Crippen LogP contribution in [0.1, 0.15) is 12.5 Å². The minimum Gasteiger partial charge on any atom is -0.496 e. The van der Waals surface area contributed by atoms with Crippen molar-refractivity contribution in [2.75, 3.05) is 20.8 Å². The highest BCUT2D eigenvalue weighted by Crippen LogP contribution is 2.30. The smallest absolute Gasteiger partial charge is 0.221 e. The fraction of sp³-hybridized carbons (Fsp3) is 0.300. The van der Waals surface area contributed by atoms with Crippen LogP contribution in [0, 0.1) is 4.77 Å². The number of nitrogens with one attached hydrogen (secondary N) is 2. The topological polar surface area (TPSA) is 56.5 Å². The maximum Gasteiger partial charge on any atom is 0.221 e. The van der Waals surface area contributed by atoms with Crippen LogP contribution in [0.2, 0.25) is 5.02 Å². The number of hydrogen-bond donors (Lipinski definition) is 2. The van der Waals surface area contributed by atoms with Gasteiger partial charge in [-0.2, -0.15) is 4.98 Å². The molecule has 0 aliphatic rings. The Balaban J connectivity index is 1.73. The van der Waals surface area contributed by atoms with Gasteiger partial charge in [0.15, 0.2) is 12.5 Å². The lowest BCUT2D eigenvalue weighted by atomic mass is 10.2. The van der Waals surface area contributed by atoms with Gasteiger partial charge in [-0.1, -0.05) is 11.6 Å². The van der Waals surface area contributed by atoms with Gasteiger partial charge in [-0.15, -0.1) is 0 Å². The number of H-pyrrole nitrogens is 1. The summed E-state index contributed by atoms with van der Waals surface area (Å²) < 4.78 is 13.3. The molecule has 0 aliphatic heterocycles. The van der Waals surface area contributed by atoms with Crippen LogP contribution in [0.5, 0.6) is 11.5 Å². The van der Waals surface area contributed by atoms with Gasteiger partial charge in [-0.25, -0.2) is 4.68 Å². The molecule has 0 aliphatic carbocycles. The van der Waals surface area contributed by atoms with E-state index in [1.54, 1.807) is 13.2 Å². The monoisotopic (exact) mass is 419 g/mol. The van der Waals surface area contributed by atoms with E-state index in [2.05, 4.69) is 29.3 Å². The van der Waals surface area contributed by atoms with Crippen LogP contribution in [-0.2, 0) is 13.2 Å². The molecule has 1 unspecified atom stereocenters. The molecule has 6 nitrogen and oxygen atoms in total. The van der Waals surface area contributed by atoms with E-state index in [-0.39, 0.29) is 0 Å². The number of quaternary nitrogens is 1. The predicted octanol–water partition coefficient (Wildman–Crippen LogP) is 3.34. The molecule has 0 spiro atoms. The second-order valence-electron chi connectivity index (χ2n) is 6.50. The summed E-state index contributed by atoms with van der Waals surface area (Å²) in [5.41, 5.74) is 2.01. The lowest BCUT2D eigenvalue weighted by molar-refractivity contribution is -0.917. The van der Waals surface area contributed by atoms with Gasteiger partial charge in [0.2, 0.25) is 4.77 Å². The molecule has 0 bridgehead atoms. The number of nitrogens with zero attached hydrogens (tertiary/aromatic N) is 2. The zero-order valence-electron chi connectivity index (χ0n) is 16.2. The van der Waals surface area contributed by atoms with Gasteiger partial charge in [-0.05, 0) is 61.6 Å². The van der Waals surface area contributed by atoms with Crippen LogP contribution >= 0.6 is 23.8 Å². The van der Waals surface area contributed by atoms with E-state index in [0.717, 1.165) is 17.9 Å². The van der Waals surface area contributed by atoms with E-state index in [9.17, 15) is 0 Å². The Hall–Kier alpha value is -2.35. The zero-order valence-corrected chi connectivity index (χ0v) is 17.7. The first-order chi connectivity index (χ1) is 13.5. The Bertz CT molecular complexity index is 985. The standard InChI is InChI=1S/C20H23ClN4O2S/c1-4-27-16-8-5-14(6-9-16)12-24(2)13-25-20(28)22-19(23-25)17-11-15(21)7-10-18(17)26-3/h5-11H,4,12-13H2,1-3H3,(H,22,23,28)/p+1.